The Hall–Kier alpha value is -1.10. The van der Waals surface area contributed by atoms with Crippen molar-refractivity contribution >= 4 is 11.7 Å². The van der Waals surface area contributed by atoms with Gasteiger partial charge in [-0.25, -0.2) is 10.4 Å². The highest BCUT2D eigenvalue weighted by molar-refractivity contribution is 6.37. The number of carbonyl (C=O) groups is 1. The molecule has 4 N–H and O–H groups in total. The van der Waals surface area contributed by atoms with Crippen LogP contribution in [0.15, 0.2) is 4.99 Å². The van der Waals surface area contributed by atoms with Gasteiger partial charge in [0.15, 0.2) is 0 Å². The fraction of sp³-hybridized carbons (Fsp3) is 0.333. The molecule has 1 aliphatic heterocycles. The highest BCUT2D eigenvalue weighted by Gasteiger charge is 2.08. The smallest absolute Gasteiger partial charge is 0.285 e. The second-order valence-corrected chi connectivity index (χ2v) is 1.33. The van der Waals surface area contributed by atoms with E-state index >= 15 is 0 Å². The van der Waals surface area contributed by atoms with Gasteiger partial charge in [-0.15, -0.1) is 0 Å². The molecule has 5 heteroatoms. The minimum Gasteiger partial charge on any atom is -0.363 e. The summed E-state index contributed by atoms with van der Waals surface area (Å²) in [5.74, 6) is -0.333. The number of hydrazine groups is 1. The number of hydrogen-bond acceptors (Lipinski definition) is 4. The summed E-state index contributed by atoms with van der Waals surface area (Å²) < 4.78 is 0. The fourth-order valence-corrected chi connectivity index (χ4v) is 0.421. The molecule has 0 saturated carbocycles. The van der Waals surface area contributed by atoms with Gasteiger partial charge in [0, 0.05) is 0 Å². The Morgan fingerprint density at radius 2 is 2.62 bits per heavy atom. The highest BCUT2D eigenvalue weighted by Crippen LogP contribution is 1.75. The number of nitrogens with zero attached hydrogens (tertiary/aromatic N) is 1. The first-order valence-corrected chi connectivity index (χ1v) is 2.14. The zero-order valence-corrected chi connectivity index (χ0v) is 4.14. The second-order valence-electron chi connectivity index (χ2n) is 1.33. The quantitative estimate of drug-likeness (QED) is 0.366. The Kier molecular flexibility index (Phi) is 1.13. The molecule has 1 heterocycles. The predicted octanol–water partition coefficient (Wildman–Crippen LogP) is -2.06. The van der Waals surface area contributed by atoms with Gasteiger partial charge in [0.2, 0.25) is 5.84 Å². The van der Waals surface area contributed by atoms with Crippen LogP contribution < -0.4 is 16.6 Å². The summed E-state index contributed by atoms with van der Waals surface area (Å²) >= 11 is 0. The Morgan fingerprint density at radius 3 is 2.88 bits per heavy atom. The minimum absolute atomic E-state index is 0.199. The standard InChI is InChI=1S/C3H6N4O/c4-2(8)3-5-1-6-7-3/h6H,1H2,(H2,4,8)(H,5,7). The third kappa shape index (κ3) is 0.760. The number of amides is 1. The summed E-state index contributed by atoms with van der Waals surface area (Å²) in [5, 5.41) is 0. The van der Waals surface area contributed by atoms with Crippen LogP contribution in [0.1, 0.15) is 0 Å². The molecular formula is C3H6N4O. The SMILES string of the molecule is NC(=O)C1=NCNN1. The van der Waals surface area contributed by atoms with Crippen molar-refractivity contribution < 1.29 is 4.79 Å². The number of nitrogens with one attached hydrogen (secondary N) is 2. The molecule has 0 aliphatic carbocycles. The van der Waals surface area contributed by atoms with Gasteiger partial charge in [-0.05, 0) is 0 Å². The van der Waals surface area contributed by atoms with E-state index in [1.807, 2.05) is 0 Å². The molecule has 0 atom stereocenters. The van der Waals surface area contributed by atoms with Gasteiger partial charge >= 0.3 is 0 Å². The van der Waals surface area contributed by atoms with Crippen molar-refractivity contribution in [3.8, 4) is 0 Å². The molecule has 8 heavy (non-hydrogen) atoms. The van der Waals surface area contributed by atoms with Gasteiger partial charge in [0.1, 0.15) is 6.67 Å². The summed E-state index contributed by atoms with van der Waals surface area (Å²) in [6.45, 7) is 0.415. The number of primary amides is 1. The van der Waals surface area contributed by atoms with Gasteiger partial charge < -0.3 is 5.73 Å². The van der Waals surface area contributed by atoms with Crippen molar-refractivity contribution in [2.75, 3.05) is 6.67 Å². The van der Waals surface area contributed by atoms with Gasteiger partial charge in [0.05, 0.1) is 0 Å². The summed E-state index contributed by atoms with van der Waals surface area (Å²) in [7, 11) is 0. The molecule has 0 radical (unpaired) electrons. The monoisotopic (exact) mass is 114 g/mol. The van der Waals surface area contributed by atoms with E-state index in [1.54, 1.807) is 0 Å². The number of aliphatic imine (C=N–C) groups is 1. The van der Waals surface area contributed by atoms with Crippen LogP contribution in [-0.2, 0) is 4.79 Å². The van der Waals surface area contributed by atoms with Crippen LogP contribution in [0, 0.1) is 0 Å². The van der Waals surface area contributed by atoms with E-state index in [9.17, 15) is 4.79 Å². The van der Waals surface area contributed by atoms with Crippen LogP contribution in [0.25, 0.3) is 0 Å². The van der Waals surface area contributed by atoms with Crippen molar-refractivity contribution in [2.24, 2.45) is 10.7 Å². The van der Waals surface area contributed by atoms with Gasteiger partial charge in [-0.1, -0.05) is 0 Å². The maximum absolute atomic E-state index is 10.2. The molecule has 0 fully saturated rings. The second kappa shape index (κ2) is 1.79. The Balaban J connectivity index is 2.57. The van der Waals surface area contributed by atoms with Crippen molar-refractivity contribution in [2.45, 2.75) is 0 Å². The lowest BCUT2D eigenvalue weighted by molar-refractivity contribution is -0.112. The van der Waals surface area contributed by atoms with Crippen molar-refractivity contribution in [3.05, 3.63) is 0 Å². The third-order valence-corrected chi connectivity index (χ3v) is 0.756. The van der Waals surface area contributed by atoms with Gasteiger partial charge in [-0.2, -0.15) is 0 Å². The molecule has 0 saturated heterocycles. The van der Waals surface area contributed by atoms with Crippen molar-refractivity contribution in [3.63, 3.8) is 0 Å². The lowest BCUT2D eigenvalue weighted by Gasteiger charge is -1.91. The zero-order valence-electron chi connectivity index (χ0n) is 4.14. The number of hydrogen-bond donors (Lipinski definition) is 3. The average molecular weight is 114 g/mol. The predicted molar refractivity (Wildman–Crippen MR) is 27.8 cm³/mol. The normalized spacial score (nSPS) is 17.2. The van der Waals surface area contributed by atoms with Crippen molar-refractivity contribution in [1.29, 1.82) is 0 Å². The maximum atomic E-state index is 10.2. The van der Waals surface area contributed by atoms with E-state index in [-0.39, 0.29) is 5.84 Å². The van der Waals surface area contributed by atoms with E-state index in [1.165, 1.54) is 0 Å². The topological polar surface area (TPSA) is 79.5 Å². The van der Waals surface area contributed by atoms with E-state index in [0.29, 0.717) is 6.67 Å². The zero-order chi connectivity index (χ0) is 5.98. The van der Waals surface area contributed by atoms with Crippen molar-refractivity contribution in [1.82, 2.24) is 10.9 Å². The van der Waals surface area contributed by atoms with Crippen LogP contribution in [0.2, 0.25) is 0 Å². The van der Waals surface area contributed by atoms with E-state index < -0.39 is 5.91 Å². The Morgan fingerprint density at radius 1 is 1.88 bits per heavy atom. The molecule has 5 nitrogen and oxygen atoms in total. The highest BCUT2D eigenvalue weighted by atomic mass is 16.1. The molecule has 0 unspecified atom stereocenters. The van der Waals surface area contributed by atoms with Crippen LogP contribution in [0.5, 0.6) is 0 Å². The van der Waals surface area contributed by atoms with Gasteiger partial charge in [0.25, 0.3) is 5.91 Å². The molecule has 0 aromatic rings. The van der Waals surface area contributed by atoms with Crippen LogP contribution in [0.4, 0.5) is 0 Å². The molecule has 1 rings (SSSR count). The number of nitrogens with two attached hydrogens (primary N) is 1. The molecular weight excluding hydrogens is 108 g/mol. The maximum Gasteiger partial charge on any atom is 0.285 e. The van der Waals surface area contributed by atoms with Gasteiger partial charge in [-0.3, -0.25) is 10.2 Å². The Labute approximate surface area is 45.9 Å². The Bertz CT molecular complexity index is 140. The van der Waals surface area contributed by atoms with E-state index in [0.717, 1.165) is 0 Å². The molecule has 44 valence electrons. The van der Waals surface area contributed by atoms with E-state index in [2.05, 4.69) is 15.8 Å². The molecule has 1 amide bonds. The number of rotatable bonds is 1. The first-order valence-electron chi connectivity index (χ1n) is 2.14. The van der Waals surface area contributed by atoms with Crippen LogP contribution in [-0.4, -0.2) is 18.4 Å². The summed E-state index contributed by atoms with van der Waals surface area (Å²) in [6.07, 6.45) is 0. The van der Waals surface area contributed by atoms with E-state index in [4.69, 9.17) is 5.73 Å². The largest absolute Gasteiger partial charge is 0.363 e. The summed E-state index contributed by atoms with van der Waals surface area (Å²) in [5.41, 5.74) is 9.91. The van der Waals surface area contributed by atoms with Crippen LogP contribution >= 0.6 is 0 Å². The first kappa shape index (κ1) is 5.04. The molecule has 1 aliphatic rings. The summed E-state index contributed by atoms with van der Waals surface area (Å²) in [4.78, 5) is 13.8. The lowest BCUT2D eigenvalue weighted by Crippen LogP contribution is -2.38. The third-order valence-electron chi connectivity index (χ3n) is 0.756. The molecule has 0 spiro atoms. The number of carbonyl (C=O) groups excluding carboxylic acids is 1. The lowest BCUT2D eigenvalue weighted by atomic mass is 10.6. The summed E-state index contributed by atoms with van der Waals surface area (Å²) in [6, 6.07) is 0. The number of amidine groups is 1. The molecule has 0 aromatic heterocycles. The molecule has 0 bridgehead atoms. The van der Waals surface area contributed by atoms with Crippen LogP contribution in [0.3, 0.4) is 0 Å². The average Bonchev–Trinajstić information content (AvgIpc) is 2.12. The first-order chi connectivity index (χ1) is 3.80. The minimum atomic E-state index is -0.532. The molecule has 0 aromatic carbocycles. The fourth-order valence-electron chi connectivity index (χ4n) is 0.421.